The Kier molecular flexibility index (Phi) is 4.43. The van der Waals surface area contributed by atoms with Crippen molar-refractivity contribution in [2.24, 2.45) is 0 Å². The summed E-state index contributed by atoms with van der Waals surface area (Å²) in [7, 11) is 0. The first kappa shape index (κ1) is 13.7. The number of rotatable bonds is 4. The zero-order valence-electron chi connectivity index (χ0n) is 11.0. The quantitative estimate of drug-likeness (QED) is 0.784. The summed E-state index contributed by atoms with van der Waals surface area (Å²) in [5, 5.41) is 3.79. The topological polar surface area (TPSA) is 88.9 Å². The van der Waals surface area contributed by atoms with Crippen molar-refractivity contribution in [3.05, 3.63) is 48.0 Å². The van der Waals surface area contributed by atoms with Gasteiger partial charge in [0.05, 0.1) is 0 Å². The van der Waals surface area contributed by atoms with Gasteiger partial charge in [0.2, 0.25) is 0 Å². The van der Waals surface area contributed by atoms with Crippen molar-refractivity contribution in [1.29, 1.82) is 0 Å². The number of carbonyl (C=O) groups is 2. The van der Waals surface area contributed by atoms with Crippen LogP contribution in [-0.2, 0) is 17.8 Å². The first-order valence-corrected chi connectivity index (χ1v) is 6.19. The maximum atomic E-state index is 11.8. The lowest BCUT2D eigenvalue weighted by molar-refractivity contribution is -0.122. The molecule has 0 spiro atoms. The van der Waals surface area contributed by atoms with Crippen molar-refractivity contribution in [1.82, 2.24) is 25.6 Å². The van der Waals surface area contributed by atoms with E-state index in [2.05, 4.69) is 20.9 Å². The number of hydrazine groups is 1. The molecule has 1 heterocycles. The molecule has 0 fully saturated rings. The third-order valence-electron chi connectivity index (χ3n) is 2.71. The number of amides is 2. The van der Waals surface area contributed by atoms with E-state index in [1.807, 2.05) is 19.1 Å². The Hall–Kier alpha value is -2.70. The summed E-state index contributed by atoms with van der Waals surface area (Å²) in [6, 6.07) is 7.20. The van der Waals surface area contributed by atoms with Crippen LogP contribution in [0.15, 0.2) is 36.9 Å². The molecule has 1 aromatic heterocycles. The average molecular weight is 273 g/mol. The normalized spacial score (nSPS) is 10.1. The van der Waals surface area contributed by atoms with E-state index in [0.29, 0.717) is 5.56 Å². The average Bonchev–Trinajstić information content (AvgIpc) is 2.97. The van der Waals surface area contributed by atoms with Crippen LogP contribution in [0, 0.1) is 0 Å². The van der Waals surface area contributed by atoms with Gasteiger partial charge >= 0.3 is 0 Å². The Morgan fingerprint density at radius 1 is 1.20 bits per heavy atom. The van der Waals surface area contributed by atoms with E-state index >= 15 is 0 Å². The van der Waals surface area contributed by atoms with Gasteiger partial charge in [0.15, 0.2) is 0 Å². The summed E-state index contributed by atoms with van der Waals surface area (Å²) in [5.41, 5.74) is 6.31. The van der Waals surface area contributed by atoms with Crippen LogP contribution in [-0.4, -0.2) is 26.6 Å². The number of carbonyl (C=O) groups excluding carboxylic acids is 2. The molecule has 7 heteroatoms. The molecule has 0 unspecified atom stereocenters. The van der Waals surface area contributed by atoms with Gasteiger partial charge in [-0.2, -0.15) is 5.10 Å². The molecular formula is C13H15N5O2. The van der Waals surface area contributed by atoms with Gasteiger partial charge in [0, 0.05) is 5.56 Å². The third-order valence-corrected chi connectivity index (χ3v) is 2.71. The number of hydrogen-bond acceptors (Lipinski definition) is 4. The van der Waals surface area contributed by atoms with Crippen LogP contribution in [0.5, 0.6) is 0 Å². The molecule has 2 N–H and O–H groups in total. The maximum Gasteiger partial charge on any atom is 0.269 e. The van der Waals surface area contributed by atoms with Gasteiger partial charge in [0.1, 0.15) is 19.2 Å². The predicted octanol–water partition coefficient (Wildman–Crippen LogP) is 0.302. The van der Waals surface area contributed by atoms with E-state index in [1.165, 1.54) is 17.3 Å². The second kappa shape index (κ2) is 6.46. The molecule has 0 aliphatic carbocycles. The molecule has 20 heavy (non-hydrogen) atoms. The SMILES string of the molecule is CCc1ccc(C(=O)NNC(=O)Cn2cncn2)cc1. The summed E-state index contributed by atoms with van der Waals surface area (Å²) in [6.07, 6.45) is 3.67. The highest BCUT2D eigenvalue weighted by atomic mass is 16.2. The number of benzene rings is 1. The summed E-state index contributed by atoms with van der Waals surface area (Å²) >= 11 is 0. The van der Waals surface area contributed by atoms with E-state index in [-0.39, 0.29) is 18.4 Å². The molecule has 0 bridgehead atoms. The molecule has 0 aliphatic heterocycles. The number of hydrogen-bond donors (Lipinski definition) is 2. The lowest BCUT2D eigenvalue weighted by Crippen LogP contribution is -2.43. The van der Waals surface area contributed by atoms with Crippen LogP contribution >= 0.6 is 0 Å². The first-order chi connectivity index (χ1) is 9.69. The minimum Gasteiger partial charge on any atom is -0.271 e. The second-order valence-corrected chi connectivity index (χ2v) is 4.15. The van der Waals surface area contributed by atoms with Gasteiger partial charge in [-0.1, -0.05) is 19.1 Å². The molecule has 2 amide bonds. The molecule has 2 rings (SSSR count). The lowest BCUT2D eigenvalue weighted by Gasteiger charge is -2.07. The largest absolute Gasteiger partial charge is 0.271 e. The van der Waals surface area contributed by atoms with E-state index in [4.69, 9.17) is 0 Å². The fraction of sp³-hybridized carbons (Fsp3) is 0.231. The fourth-order valence-corrected chi connectivity index (χ4v) is 1.59. The zero-order valence-corrected chi connectivity index (χ0v) is 11.0. The smallest absolute Gasteiger partial charge is 0.269 e. The highest BCUT2D eigenvalue weighted by Gasteiger charge is 2.07. The molecule has 0 atom stereocenters. The Morgan fingerprint density at radius 3 is 2.55 bits per heavy atom. The Labute approximate surface area is 116 Å². The summed E-state index contributed by atoms with van der Waals surface area (Å²) in [5.74, 6) is -0.742. The van der Waals surface area contributed by atoms with Crippen molar-refractivity contribution in [2.75, 3.05) is 0 Å². The monoisotopic (exact) mass is 273 g/mol. The maximum absolute atomic E-state index is 11.8. The summed E-state index contributed by atoms with van der Waals surface area (Å²) in [6.45, 7) is 2.04. The summed E-state index contributed by atoms with van der Waals surface area (Å²) < 4.78 is 1.36. The second-order valence-electron chi connectivity index (χ2n) is 4.15. The zero-order chi connectivity index (χ0) is 14.4. The molecule has 0 saturated heterocycles. The highest BCUT2D eigenvalue weighted by molar-refractivity contribution is 5.95. The van der Waals surface area contributed by atoms with Gasteiger partial charge in [-0.3, -0.25) is 20.4 Å². The lowest BCUT2D eigenvalue weighted by atomic mass is 10.1. The molecule has 0 radical (unpaired) electrons. The van der Waals surface area contributed by atoms with Crippen molar-refractivity contribution in [3.8, 4) is 0 Å². The molecule has 7 nitrogen and oxygen atoms in total. The van der Waals surface area contributed by atoms with Crippen LogP contribution in [0.4, 0.5) is 0 Å². The van der Waals surface area contributed by atoms with E-state index in [0.717, 1.165) is 12.0 Å². The fourth-order valence-electron chi connectivity index (χ4n) is 1.59. The Morgan fingerprint density at radius 2 is 1.95 bits per heavy atom. The van der Waals surface area contributed by atoms with Gasteiger partial charge < -0.3 is 0 Å². The van der Waals surface area contributed by atoms with Crippen molar-refractivity contribution in [3.63, 3.8) is 0 Å². The molecule has 0 aliphatic rings. The Balaban J connectivity index is 1.83. The number of nitrogens with zero attached hydrogens (tertiary/aromatic N) is 3. The van der Waals surface area contributed by atoms with Crippen LogP contribution in [0.2, 0.25) is 0 Å². The molecule has 1 aromatic carbocycles. The molecular weight excluding hydrogens is 258 g/mol. The van der Waals surface area contributed by atoms with Crippen molar-refractivity contribution < 1.29 is 9.59 Å². The number of aromatic nitrogens is 3. The van der Waals surface area contributed by atoms with Gasteiger partial charge in [-0.05, 0) is 24.1 Å². The van der Waals surface area contributed by atoms with Gasteiger partial charge in [-0.25, -0.2) is 9.67 Å². The predicted molar refractivity (Wildman–Crippen MR) is 71.5 cm³/mol. The van der Waals surface area contributed by atoms with Crippen molar-refractivity contribution >= 4 is 11.8 Å². The van der Waals surface area contributed by atoms with Crippen LogP contribution in [0.3, 0.4) is 0 Å². The Bertz CT molecular complexity index is 577. The number of nitrogens with one attached hydrogen (secondary N) is 2. The minimum atomic E-state index is -0.381. The highest BCUT2D eigenvalue weighted by Crippen LogP contribution is 2.04. The minimum absolute atomic E-state index is 0.00491. The molecule has 0 saturated carbocycles. The van der Waals surface area contributed by atoms with E-state index in [1.54, 1.807) is 12.1 Å². The van der Waals surface area contributed by atoms with E-state index in [9.17, 15) is 9.59 Å². The van der Waals surface area contributed by atoms with Gasteiger partial charge in [-0.15, -0.1) is 0 Å². The summed E-state index contributed by atoms with van der Waals surface area (Å²) in [4.78, 5) is 27.0. The molecule has 2 aromatic rings. The molecule has 104 valence electrons. The van der Waals surface area contributed by atoms with Crippen molar-refractivity contribution in [2.45, 2.75) is 19.9 Å². The standard InChI is InChI=1S/C13H15N5O2/c1-2-10-3-5-11(6-4-10)13(20)17-16-12(19)7-18-9-14-8-15-18/h3-6,8-9H,2,7H2,1H3,(H,16,19)(H,17,20). The van der Waals surface area contributed by atoms with E-state index < -0.39 is 0 Å². The third kappa shape index (κ3) is 3.64. The van der Waals surface area contributed by atoms with Crippen LogP contribution in [0.25, 0.3) is 0 Å². The van der Waals surface area contributed by atoms with Crippen LogP contribution in [0.1, 0.15) is 22.8 Å². The number of aryl methyl sites for hydroxylation is 1. The first-order valence-electron chi connectivity index (χ1n) is 6.19. The van der Waals surface area contributed by atoms with Gasteiger partial charge in [0.25, 0.3) is 11.8 Å². The van der Waals surface area contributed by atoms with Crippen LogP contribution < -0.4 is 10.9 Å².